The van der Waals surface area contributed by atoms with Gasteiger partial charge in [0.05, 0.1) is 21.1 Å². The lowest BCUT2D eigenvalue weighted by Gasteiger charge is -2.03. The van der Waals surface area contributed by atoms with Crippen LogP contribution < -0.4 is 0 Å². The number of aryl methyl sites for hydroxylation is 1. The maximum atomic E-state index is 13.5. The molecule has 0 aliphatic carbocycles. The largest absolute Gasteiger partial charge is 0.507 e. The number of nitrogens with zero attached hydrogens (tertiary/aromatic N) is 1. The number of aromatic amines is 1. The van der Waals surface area contributed by atoms with Crippen LogP contribution in [0.5, 0.6) is 5.75 Å². The van der Waals surface area contributed by atoms with Gasteiger partial charge in [-0.25, -0.2) is 9.37 Å². The minimum absolute atomic E-state index is 0.182. The van der Waals surface area contributed by atoms with Crippen LogP contribution >= 0.6 is 15.9 Å². The molecule has 5 heteroatoms. The molecule has 3 rings (SSSR count). The smallest absolute Gasteiger partial charge is 0.142 e. The number of fused-ring (bicyclic) bond motifs is 1. The van der Waals surface area contributed by atoms with E-state index in [1.807, 2.05) is 19.1 Å². The lowest BCUT2D eigenvalue weighted by Crippen LogP contribution is -1.83. The number of nitrogens with one attached hydrogen (secondary N) is 1. The number of H-pyrrole nitrogens is 1. The van der Waals surface area contributed by atoms with Gasteiger partial charge in [-0.3, -0.25) is 0 Å². The third-order valence-electron chi connectivity index (χ3n) is 3.02. The number of rotatable bonds is 1. The quantitative estimate of drug-likeness (QED) is 0.707. The standard InChI is InChI=1S/C14H10BrFN2O/c1-7-3-2-4-8(13(7)19)14-17-11-5-9(15)10(16)6-12(11)18-14/h2-6,19H,1H3,(H,17,18). The SMILES string of the molecule is Cc1cccc(-c2nc3cc(Br)c(F)cc3[nH]2)c1O. The summed E-state index contributed by atoms with van der Waals surface area (Å²) < 4.78 is 13.8. The van der Waals surface area contributed by atoms with Crippen LogP contribution in [0.3, 0.4) is 0 Å². The molecular weight excluding hydrogens is 311 g/mol. The summed E-state index contributed by atoms with van der Waals surface area (Å²) in [6.45, 7) is 1.82. The number of aromatic hydroxyl groups is 1. The summed E-state index contributed by atoms with van der Waals surface area (Å²) in [4.78, 5) is 7.39. The fourth-order valence-electron chi connectivity index (χ4n) is 1.98. The second-order valence-electron chi connectivity index (χ2n) is 4.34. The van der Waals surface area contributed by atoms with E-state index in [9.17, 15) is 9.50 Å². The van der Waals surface area contributed by atoms with Crippen molar-refractivity contribution in [2.24, 2.45) is 0 Å². The number of phenols is 1. The summed E-state index contributed by atoms with van der Waals surface area (Å²) in [5.41, 5.74) is 2.61. The van der Waals surface area contributed by atoms with Crippen molar-refractivity contribution in [1.82, 2.24) is 9.97 Å². The summed E-state index contributed by atoms with van der Waals surface area (Å²) in [7, 11) is 0. The van der Waals surface area contributed by atoms with Crippen molar-refractivity contribution in [2.45, 2.75) is 6.92 Å². The van der Waals surface area contributed by atoms with Gasteiger partial charge < -0.3 is 10.1 Å². The van der Waals surface area contributed by atoms with Gasteiger partial charge in [-0.15, -0.1) is 0 Å². The predicted octanol–water partition coefficient (Wildman–Crippen LogP) is 4.15. The fraction of sp³-hybridized carbons (Fsp3) is 0.0714. The molecule has 1 aromatic heterocycles. The Kier molecular flexibility index (Phi) is 2.78. The Morgan fingerprint density at radius 3 is 2.89 bits per heavy atom. The van der Waals surface area contributed by atoms with E-state index in [4.69, 9.17) is 0 Å². The molecule has 0 spiro atoms. The van der Waals surface area contributed by atoms with Crippen molar-refractivity contribution in [3.8, 4) is 17.1 Å². The number of aromatic nitrogens is 2. The van der Waals surface area contributed by atoms with Crippen LogP contribution in [0.25, 0.3) is 22.4 Å². The van der Waals surface area contributed by atoms with Crippen LogP contribution in [-0.2, 0) is 0 Å². The summed E-state index contributed by atoms with van der Waals surface area (Å²) in [5.74, 6) is 0.353. The van der Waals surface area contributed by atoms with Crippen LogP contribution in [0.15, 0.2) is 34.8 Å². The fourth-order valence-corrected chi connectivity index (χ4v) is 2.31. The highest BCUT2D eigenvalue weighted by Crippen LogP contribution is 2.32. The maximum absolute atomic E-state index is 13.5. The zero-order chi connectivity index (χ0) is 13.6. The Morgan fingerprint density at radius 2 is 2.11 bits per heavy atom. The Balaban J connectivity index is 2.23. The predicted molar refractivity (Wildman–Crippen MR) is 75.6 cm³/mol. The molecule has 0 aliphatic heterocycles. The number of imidazole rings is 1. The van der Waals surface area contributed by atoms with E-state index in [0.29, 0.717) is 26.9 Å². The van der Waals surface area contributed by atoms with Gasteiger partial charge in [0.25, 0.3) is 0 Å². The van der Waals surface area contributed by atoms with Crippen LogP contribution in [0, 0.1) is 12.7 Å². The van der Waals surface area contributed by atoms with Crippen molar-refractivity contribution < 1.29 is 9.50 Å². The first-order chi connectivity index (χ1) is 9.06. The van der Waals surface area contributed by atoms with Crippen LogP contribution in [0.2, 0.25) is 0 Å². The Morgan fingerprint density at radius 1 is 1.32 bits per heavy atom. The Hall–Kier alpha value is -1.88. The molecule has 96 valence electrons. The monoisotopic (exact) mass is 320 g/mol. The van der Waals surface area contributed by atoms with Crippen molar-refractivity contribution in [1.29, 1.82) is 0 Å². The molecule has 2 aromatic carbocycles. The van der Waals surface area contributed by atoms with Gasteiger partial charge >= 0.3 is 0 Å². The molecule has 0 saturated carbocycles. The zero-order valence-electron chi connectivity index (χ0n) is 10.0. The third kappa shape index (κ3) is 2.00. The topological polar surface area (TPSA) is 48.9 Å². The van der Waals surface area contributed by atoms with Gasteiger partial charge in [-0.2, -0.15) is 0 Å². The molecule has 0 aliphatic rings. The second-order valence-corrected chi connectivity index (χ2v) is 5.19. The highest BCUT2D eigenvalue weighted by molar-refractivity contribution is 9.10. The first-order valence-electron chi connectivity index (χ1n) is 5.70. The molecule has 0 atom stereocenters. The second kappa shape index (κ2) is 4.35. The van der Waals surface area contributed by atoms with E-state index in [1.54, 1.807) is 12.1 Å². The highest BCUT2D eigenvalue weighted by Gasteiger charge is 2.12. The van der Waals surface area contributed by atoms with E-state index in [2.05, 4.69) is 25.9 Å². The average molecular weight is 321 g/mol. The third-order valence-corrected chi connectivity index (χ3v) is 3.62. The van der Waals surface area contributed by atoms with E-state index in [0.717, 1.165) is 5.56 Å². The molecule has 1 heterocycles. The Labute approximate surface area is 117 Å². The molecule has 19 heavy (non-hydrogen) atoms. The summed E-state index contributed by atoms with van der Waals surface area (Å²) in [6, 6.07) is 8.41. The van der Waals surface area contributed by atoms with E-state index < -0.39 is 0 Å². The van der Waals surface area contributed by atoms with Crippen molar-refractivity contribution in [2.75, 3.05) is 0 Å². The van der Waals surface area contributed by atoms with E-state index in [1.165, 1.54) is 6.07 Å². The van der Waals surface area contributed by atoms with E-state index >= 15 is 0 Å². The normalized spacial score (nSPS) is 11.1. The summed E-state index contributed by atoms with van der Waals surface area (Å²) in [6.07, 6.45) is 0. The first kappa shape index (κ1) is 12.2. The van der Waals surface area contributed by atoms with Crippen molar-refractivity contribution in [3.63, 3.8) is 0 Å². The summed E-state index contributed by atoms with van der Waals surface area (Å²) in [5, 5.41) is 10.0. The number of hydrogen-bond donors (Lipinski definition) is 2. The molecule has 0 bridgehead atoms. The van der Waals surface area contributed by atoms with Crippen LogP contribution in [-0.4, -0.2) is 15.1 Å². The number of benzene rings is 2. The van der Waals surface area contributed by atoms with E-state index in [-0.39, 0.29) is 11.6 Å². The minimum Gasteiger partial charge on any atom is -0.507 e. The molecule has 0 saturated heterocycles. The van der Waals surface area contributed by atoms with Gasteiger partial charge in [0.15, 0.2) is 0 Å². The maximum Gasteiger partial charge on any atom is 0.142 e. The van der Waals surface area contributed by atoms with Crippen molar-refractivity contribution >= 4 is 27.0 Å². The minimum atomic E-state index is -0.351. The number of halogens is 2. The van der Waals surface area contributed by atoms with Gasteiger partial charge in [0.2, 0.25) is 0 Å². The Bertz CT molecular complexity index is 743. The molecule has 3 nitrogen and oxygen atoms in total. The van der Waals surface area contributed by atoms with Crippen molar-refractivity contribution in [3.05, 3.63) is 46.2 Å². The molecule has 0 radical (unpaired) electrons. The van der Waals surface area contributed by atoms with Gasteiger partial charge in [-0.05, 0) is 40.5 Å². The lowest BCUT2D eigenvalue weighted by molar-refractivity contribution is 0.473. The lowest BCUT2D eigenvalue weighted by atomic mass is 10.1. The zero-order valence-corrected chi connectivity index (χ0v) is 11.6. The van der Waals surface area contributed by atoms with Gasteiger partial charge in [0.1, 0.15) is 17.4 Å². The summed E-state index contributed by atoms with van der Waals surface area (Å²) >= 11 is 3.13. The number of para-hydroxylation sites is 1. The molecular formula is C14H10BrFN2O. The van der Waals surface area contributed by atoms with Crippen LogP contribution in [0.4, 0.5) is 4.39 Å². The first-order valence-corrected chi connectivity index (χ1v) is 6.49. The van der Waals surface area contributed by atoms with Gasteiger partial charge in [0, 0.05) is 6.07 Å². The average Bonchev–Trinajstić information content (AvgIpc) is 2.76. The molecule has 0 unspecified atom stereocenters. The van der Waals surface area contributed by atoms with Crippen LogP contribution in [0.1, 0.15) is 5.56 Å². The number of phenolic OH excluding ortho intramolecular Hbond substituents is 1. The molecule has 3 aromatic rings. The highest BCUT2D eigenvalue weighted by atomic mass is 79.9. The molecule has 0 amide bonds. The van der Waals surface area contributed by atoms with Gasteiger partial charge in [-0.1, -0.05) is 12.1 Å². The molecule has 2 N–H and O–H groups in total. The number of hydrogen-bond acceptors (Lipinski definition) is 2. The molecule has 0 fully saturated rings.